The second-order valence-electron chi connectivity index (χ2n) is 3.78. The van der Waals surface area contributed by atoms with Gasteiger partial charge < -0.3 is 14.6 Å². The summed E-state index contributed by atoms with van der Waals surface area (Å²) in [7, 11) is 0. The summed E-state index contributed by atoms with van der Waals surface area (Å²) in [6, 6.07) is 6.84. The SMILES string of the molecule is O=C(O)c1cc(-c2cc3[nH]ccc3cc2Cl)no1. The average molecular weight is 263 g/mol. The summed E-state index contributed by atoms with van der Waals surface area (Å²) < 4.78 is 4.71. The minimum atomic E-state index is -1.16. The molecule has 2 N–H and O–H groups in total. The van der Waals surface area contributed by atoms with Gasteiger partial charge in [-0.1, -0.05) is 16.8 Å². The number of benzene rings is 1. The molecule has 0 aliphatic carbocycles. The molecule has 1 aromatic carbocycles. The van der Waals surface area contributed by atoms with Crippen LogP contribution in [-0.2, 0) is 0 Å². The number of aromatic carboxylic acids is 1. The van der Waals surface area contributed by atoms with Gasteiger partial charge in [-0.15, -0.1) is 0 Å². The van der Waals surface area contributed by atoms with Crippen molar-refractivity contribution in [2.45, 2.75) is 0 Å². The first-order valence-electron chi connectivity index (χ1n) is 5.12. The molecular weight excluding hydrogens is 256 g/mol. The Labute approximate surface area is 106 Å². The van der Waals surface area contributed by atoms with Gasteiger partial charge >= 0.3 is 5.97 Å². The molecule has 0 amide bonds. The third-order valence-electron chi connectivity index (χ3n) is 2.64. The summed E-state index contributed by atoms with van der Waals surface area (Å²) in [6.45, 7) is 0. The minimum absolute atomic E-state index is 0.215. The Bertz CT molecular complexity index is 745. The van der Waals surface area contributed by atoms with E-state index >= 15 is 0 Å². The summed E-state index contributed by atoms with van der Waals surface area (Å²) in [6.07, 6.45) is 1.80. The maximum atomic E-state index is 10.7. The maximum Gasteiger partial charge on any atom is 0.374 e. The largest absolute Gasteiger partial charge is 0.475 e. The highest BCUT2D eigenvalue weighted by Gasteiger charge is 2.15. The first-order chi connectivity index (χ1) is 8.65. The Morgan fingerprint density at radius 1 is 1.39 bits per heavy atom. The first-order valence-corrected chi connectivity index (χ1v) is 5.50. The number of aromatic nitrogens is 2. The predicted octanol–water partition coefficient (Wildman–Crippen LogP) is 3.17. The third kappa shape index (κ3) is 1.65. The molecule has 0 radical (unpaired) electrons. The molecule has 18 heavy (non-hydrogen) atoms. The van der Waals surface area contributed by atoms with Gasteiger partial charge in [0.25, 0.3) is 0 Å². The third-order valence-corrected chi connectivity index (χ3v) is 2.95. The molecule has 0 fully saturated rings. The number of rotatable bonds is 2. The van der Waals surface area contributed by atoms with Gasteiger partial charge in [0.2, 0.25) is 5.76 Å². The van der Waals surface area contributed by atoms with Crippen molar-refractivity contribution in [3.8, 4) is 11.3 Å². The van der Waals surface area contributed by atoms with E-state index in [-0.39, 0.29) is 5.76 Å². The van der Waals surface area contributed by atoms with E-state index < -0.39 is 5.97 Å². The van der Waals surface area contributed by atoms with Crippen LogP contribution in [0.25, 0.3) is 22.2 Å². The van der Waals surface area contributed by atoms with Gasteiger partial charge in [-0.3, -0.25) is 0 Å². The lowest BCUT2D eigenvalue weighted by Gasteiger charge is -2.00. The number of hydrogen-bond donors (Lipinski definition) is 2. The van der Waals surface area contributed by atoms with Crippen molar-refractivity contribution >= 4 is 28.5 Å². The van der Waals surface area contributed by atoms with Gasteiger partial charge in [-0.25, -0.2) is 4.79 Å². The number of carboxylic acid groups (broad SMARTS) is 1. The van der Waals surface area contributed by atoms with Gasteiger partial charge in [0.05, 0.1) is 5.02 Å². The number of carbonyl (C=O) groups is 1. The van der Waals surface area contributed by atoms with Crippen LogP contribution in [0.2, 0.25) is 5.02 Å². The summed E-state index contributed by atoms with van der Waals surface area (Å²) in [5.74, 6) is -1.38. The molecule has 0 atom stereocenters. The molecule has 2 aromatic heterocycles. The van der Waals surface area contributed by atoms with E-state index in [9.17, 15) is 4.79 Å². The van der Waals surface area contributed by atoms with Crippen molar-refractivity contribution in [3.63, 3.8) is 0 Å². The molecular formula is C12H7ClN2O3. The number of halogens is 1. The highest BCUT2D eigenvalue weighted by molar-refractivity contribution is 6.34. The van der Waals surface area contributed by atoms with E-state index in [4.69, 9.17) is 21.2 Å². The summed E-state index contributed by atoms with van der Waals surface area (Å²) >= 11 is 6.14. The van der Waals surface area contributed by atoms with E-state index in [0.717, 1.165) is 10.9 Å². The Morgan fingerprint density at radius 3 is 2.94 bits per heavy atom. The van der Waals surface area contributed by atoms with Crippen LogP contribution >= 0.6 is 11.6 Å². The molecule has 0 saturated carbocycles. The van der Waals surface area contributed by atoms with Crippen LogP contribution in [0.15, 0.2) is 35.0 Å². The second-order valence-corrected chi connectivity index (χ2v) is 4.19. The zero-order chi connectivity index (χ0) is 12.7. The standard InChI is InChI=1S/C12H7ClN2O3/c13-8-3-6-1-2-14-9(6)4-7(8)10-5-11(12(16)17)18-15-10/h1-5,14H,(H,16,17). The topological polar surface area (TPSA) is 79.1 Å². The Hall–Kier alpha value is -2.27. The fraction of sp³-hybridized carbons (Fsp3) is 0. The van der Waals surface area contributed by atoms with Crippen LogP contribution in [0.4, 0.5) is 0 Å². The molecule has 0 spiro atoms. The van der Waals surface area contributed by atoms with Gasteiger partial charge in [-0.2, -0.15) is 0 Å². The molecule has 3 aromatic rings. The lowest BCUT2D eigenvalue weighted by Crippen LogP contribution is -1.91. The zero-order valence-corrected chi connectivity index (χ0v) is 9.73. The van der Waals surface area contributed by atoms with E-state index in [0.29, 0.717) is 16.3 Å². The van der Waals surface area contributed by atoms with E-state index in [1.54, 1.807) is 18.3 Å². The van der Waals surface area contributed by atoms with Crippen molar-refractivity contribution in [2.75, 3.05) is 0 Å². The first kappa shape index (κ1) is 10.9. The van der Waals surface area contributed by atoms with Gasteiger partial charge in [0.1, 0.15) is 5.69 Å². The molecule has 5 nitrogen and oxygen atoms in total. The highest BCUT2D eigenvalue weighted by atomic mass is 35.5. The van der Waals surface area contributed by atoms with Gasteiger partial charge in [-0.05, 0) is 18.2 Å². The number of aromatic amines is 1. The molecule has 2 heterocycles. The molecule has 90 valence electrons. The van der Waals surface area contributed by atoms with Crippen molar-refractivity contribution in [1.29, 1.82) is 0 Å². The van der Waals surface area contributed by atoms with Crippen LogP contribution in [0.5, 0.6) is 0 Å². The Kier molecular flexibility index (Phi) is 2.34. The minimum Gasteiger partial charge on any atom is -0.475 e. The molecule has 0 unspecified atom stereocenters. The zero-order valence-electron chi connectivity index (χ0n) is 8.98. The van der Waals surface area contributed by atoms with E-state index in [1.807, 2.05) is 6.07 Å². The monoisotopic (exact) mass is 262 g/mol. The van der Waals surface area contributed by atoms with Crippen LogP contribution in [0.1, 0.15) is 10.6 Å². The van der Waals surface area contributed by atoms with E-state index in [1.165, 1.54) is 6.07 Å². The van der Waals surface area contributed by atoms with Crippen molar-refractivity contribution in [1.82, 2.24) is 10.1 Å². The molecule has 0 aliphatic rings. The summed E-state index contributed by atoms with van der Waals surface area (Å²) in [5.41, 5.74) is 1.92. The number of nitrogens with zero attached hydrogens (tertiary/aromatic N) is 1. The molecule has 3 rings (SSSR count). The lowest BCUT2D eigenvalue weighted by atomic mass is 10.1. The fourth-order valence-corrected chi connectivity index (χ4v) is 2.04. The smallest absolute Gasteiger partial charge is 0.374 e. The van der Waals surface area contributed by atoms with Crippen molar-refractivity contribution in [2.24, 2.45) is 0 Å². The number of hydrogen-bond acceptors (Lipinski definition) is 3. The average Bonchev–Trinajstić information content (AvgIpc) is 2.94. The molecule has 0 aliphatic heterocycles. The van der Waals surface area contributed by atoms with Gasteiger partial charge in [0.15, 0.2) is 0 Å². The second kappa shape index (κ2) is 3.89. The fourth-order valence-electron chi connectivity index (χ4n) is 1.77. The normalized spacial score (nSPS) is 10.9. The van der Waals surface area contributed by atoms with Crippen LogP contribution in [0, 0.1) is 0 Å². The summed E-state index contributed by atoms with van der Waals surface area (Å²) in [5, 5.41) is 14.0. The maximum absolute atomic E-state index is 10.7. The van der Waals surface area contributed by atoms with Crippen LogP contribution in [0.3, 0.4) is 0 Å². The van der Waals surface area contributed by atoms with Crippen LogP contribution < -0.4 is 0 Å². The van der Waals surface area contributed by atoms with Crippen LogP contribution in [-0.4, -0.2) is 21.2 Å². The van der Waals surface area contributed by atoms with Crippen molar-refractivity contribution < 1.29 is 14.4 Å². The summed E-state index contributed by atoms with van der Waals surface area (Å²) in [4.78, 5) is 13.8. The highest BCUT2D eigenvalue weighted by Crippen LogP contribution is 2.31. The number of H-pyrrole nitrogens is 1. The molecule has 0 saturated heterocycles. The van der Waals surface area contributed by atoms with Crippen molar-refractivity contribution in [3.05, 3.63) is 41.2 Å². The molecule has 6 heteroatoms. The Morgan fingerprint density at radius 2 is 2.22 bits per heavy atom. The Balaban J connectivity index is 2.17. The van der Waals surface area contributed by atoms with E-state index in [2.05, 4.69) is 10.1 Å². The molecule has 0 bridgehead atoms. The number of nitrogens with one attached hydrogen (secondary N) is 1. The number of carboxylic acids is 1. The number of fused-ring (bicyclic) bond motifs is 1. The quantitative estimate of drug-likeness (QED) is 0.743. The van der Waals surface area contributed by atoms with Gasteiger partial charge in [0, 0.05) is 28.7 Å². The predicted molar refractivity (Wildman–Crippen MR) is 65.8 cm³/mol. The lowest BCUT2D eigenvalue weighted by molar-refractivity contribution is 0.0652.